The zero-order valence-corrected chi connectivity index (χ0v) is 4.70. The number of urea groups is 1. The lowest BCUT2D eigenvalue weighted by Crippen LogP contribution is -2.40. The Kier molecular flexibility index (Phi) is 1.44. The van der Waals surface area contributed by atoms with Crippen molar-refractivity contribution < 1.29 is 9.53 Å². The Balaban J connectivity index is 2.28. The fourth-order valence-electron chi connectivity index (χ4n) is 0.494. The first-order valence-electron chi connectivity index (χ1n) is 2.40. The summed E-state index contributed by atoms with van der Waals surface area (Å²) in [7, 11) is 0. The number of nitrogens with zero attached hydrogens (tertiary/aromatic N) is 1. The molecule has 0 aliphatic carbocycles. The lowest BCUT2D eigenvalue weighted by atomic mass is 10.9. The molecule has 0 aromatic rings. The normalized spacial score (nSPS) is 15.3. The first-order chi connectivity index (χ1) is 4.29. The first-order valence-corrected chi connectivity index (χ1v) is 2.40. The molecule has 0 bridgehead atoms. The predicted molar refractivity (Wildman–Crippen MR) is 29.7 cm³/mol. The van der Waals surface area contributed by atoms with E-state index in [9.17, 15) is 4.79 Å². The van der Waals surface area contributed by atoms with Crippen LogP contribution >= 0.6 is 0 Å². The van der Waals surface area contributed by atoms with Gasteiger partial charge in [-0.25, -0.2) is 10.2 Å². The highest BCUT2D eigenvalue weighted by Gasteiger charge is 2.04. The van der Waals surface area contributed by atoms with Crippen LogP contribution in [0.1, 0.15) is 0 Å². The number of hydrogen-bond acceptors (Lipinski definition) is 3. The van der Waals surface area contributed by atoms with Crippen LogP contribution in [0.5, 0.6) is 0 Å². The van der Waals surface area contributed by atoms with Gasteiger partial charge in [-0.2, -0.15) is 0 Å². The van der Waals surface area contributed by atoms with Gasteiger partial charge in [0.2, 0.25) is 0 Å². The Morgan fingerprint density at radius 2 is 2.67 bits per heavy atom. The average molecular weight is 129 g/mol. The Hall–Kier alpha value is -1.39. The lowest BCUT2D eigenvalue weighted by Gasteiger charge is -2.11. The van der Waals surface area contributed by atoms with E-state index in [-0.39, 0.29) is 0 Å². The van der Waals surface area contributed by atoms with Crippen molar-refractivity contribution in [3.8, 4) is 0 Å². The fraction of sp³-hybridized carbons (Fsp3) is 0.250. The molecule has 2 amide bonds. The second kappa shape index (κ2) is 2.25. The van der Waals surface area contributed by atoms with Gasteiger partial charge in [-0.3, -0.25) is 5.01 Å². The van der Waals surface area contributed by atoms with E-state index in [1.165, 1.54) is 11.3 Å². The van der Waals surface area contributed by atoms with Crippen LogP contribution in [0.2, 0.25) is 0 Å². The predicted octanol–water partition coefficient (Wildman–Crippen LogP) is -0.669. The molecule has 0 radical (unpaired) electrons. The fourth-order valence-corrected chi connectivity index (χ4v) is 0.494. The number of amides is 2. The van der Waals surface area contributed by atoms with Gasteiger partial charge in [0, 0.05) is 0 Å². The smallest absolute Gasteiger partial charge is 0.331 e. The molecule has 50 valence electrons. The van der Waals surface area contributed by atoms with Gasteiger partial charge in [-0.05, 0) is 0 Å². The van der Waals surface area contributed by atoms with Crippen molar-refractivity contribution in [3.05, 3.63) is 12.5 Å². The average Bonchev–Trinajstić information content (AvgIpc) is 2.15. The lowest BCUT2D eigenvalue weighted by molar-refractivity contribution is 0.138. The molecule has 9 heavy (non-hydrogen) atoms. The Morgan fingerprint density at radius 3 is 3.11 bits per heavy atom. The standard InChI is InChI=1S/C4H7N3O2/c5-4(8)6-7-1-2-9-3-7/h1-2H,3H2,(H3,5,6,8). The van der Waals surface area contributed by atoms with Crippen molar-refractivity contribution in [2.75, 3.05) is 6.73 Å². The van der Waals surface area contributed by atoms with Gasteiger partial charge >= 0.3 is 6.03 Å². The van der Waals surface area contributed by atoms with Crippen LogP contribution in [0.15, 0.2) is 12.5 Å². The maximum Gasteiger partial charge on any atom is 0.331 e. The second-order valence-electron chi connectivity index (χ2n) is 1.53. The number of hydrogen-bond donors (Lipinski definition) is 2. The van der Waals surface area contributed by atoms with Gasteiger partial charge in [-0.15, -0.1) is 0 Å². The van der Waals surface area contributed by atoms with Crippen LogP contribution in [0.3, 0.4) is 0 Å². The van der Waals surface area contributed by atoms with Gasteiger partial charge in [0.15, 0.2) is 6.73 Å². The molecule has 3 N–H and O–H groups in total. The van der Waals surface area contributed by atoms with Crippen LogP contribution < -0.4 is 11.2 Å². The van der Waals surface area contributed by atoms with Crippen molar-refractivity contribution >= 4 is 6.03 Å². The summed E-state index contributed by atoms with van der Waals surface area (Å²) in [6.45, 7) is 0.322. The van der Waals surface area contributed by atoms with E-state index in [4.69, 9.17) is 10.5 Å². The van der Waals surface area contributed by atoms with Crippen molar-refractivity contribution in [1.82, 2.24) is 10.4 Å². The summed E-state index contributed by atoms with van der Waals surface area (Å²) in [4.78, 5) is 10.1. The summed E-state index contributed by atoms with van der Waals surface area (Å²) in [6, 6.07) is -0.592. The summed E-state index contributed by atoms with van der Waals surface area (Å²) >= 11 is 0. The van der Waals surface area contributed by atoms with Crippen LogP contribution in [0, 0.1) is 0 Å². The minimum Gasteiger partial charge on any atom is -0.477 e. The van der Waals surface area contributed by atoms with Gasteiger partial charge < -0.3 is 10.5 Å². The summed E-state index contributed by atoms with van der Waals surface area (Å²) in [5.41, 5.74) is 7.09. The molecule has 1 rings (SSSR count). The summed E-state index contributed by atoms with van der Waals surface area (Å²) in [6.07, 6.45) is 3.04. The molecule has 5 heteroatoms. The molecule has 0 saturated carbocycles. The SMILES string of the molecule is NC(=O)NN1C=COC1. The minimum absolute atomic E-state index is 0.322. The van der Waals surface area contributed by atoms with E-state index in [0.29, 0.717) is 6.73 Å². The molecular formula is C4H7N3O2. The number of carbonyl (C=O) groups excluding carboxylic acids is 1. The second-order valence-corrected chi connectivity index (χ2v) is 1.53. The molecular weight excluding hydrogens is 122 g/mol. The van der Waals surface area contributed by atoms with Gasteiger partial charge in [0.05, 0.1) is 6.20 Å². The number of hydrazine groups is 1. The molecule has 1 heterocycles. The number of ether oxygens (including phenoxy) is 1. The highest BCUT2D eigenvalue weighted by molar-refractivity contribution is 5.71. The number of nitrogens with two attached hydrogens (primary N) is 1. The molecule has 0 aromatic carbocycles. The molecule has 0 fully saturated rings. The number of nitrogens with one attached hydrogen (secondary N) is 1. The largest absolute Gasteiger partial charge is 0.477 e. The van der Waals surface area contributed by atoms with E-state index in [0.717, 1.165) is 0 Å². The quantitative estimate of drug-likeness (QED) is 0.493. The summed E-state index contributed by atoms with van der Waals surface area (Å²) in [5, 5.41) is 1.43. The Bertz CT molecular complexity index is 145. The molecule has 0 unspecified atom stereocenters. The van der Waals surface area contributed by atoms with Gasteiger partial charge in [0.1, 0.15) is 6.26 Å². The topological polar surface area (TPSA) is 67.6 Å². The third kappa shape index (κ3) is 1.52. The molecule has 1 aliphatic heterocycles. The van der Waals surface area contributed by atoms with Crippen LogP contribution in [0.4, 0.5) is 4.79 Å². The maximum atomic E-state index is 10.1. The van der Waals surface area contributed by atoms with Gasteiger partial charge in [0.25, 0.3) is 0 Å². The summed E-state index contributed by atoms with van der Waals surface area (Å²) < 4.78 is 4.73. The first kappa shape index (κ1) is 5.74. The Labute approximate surface area is 52.0 Å². The molecule has 0 spiro atoms. The van der Waals surface area contributed by atoms with Crippen LogP contribution in [-0.4, -0.2) is 17.8 Å². The summed E-state index contributed by atoms with van der Waals surface area (Å²) in [5.74, 6) is 0. The third-order valence-corrected chi connectivity index (χ3v) is 0.804. The number of primary amides is 1. The van der Waals surface area contributed by atoms with Gasteiger partial charge in [-0.1, -0.05) is 0 Å². The molecule has 1 aliphatic rings. The highest BCUT2D eigenvalue weighted by atomic mass is 16.5. The van der Waals surface area contributed by atoms with E-state index >= 15 is 0 Å². The molecule has 0 saturated heterocycles. The van der Waals surface area contributed by atoms with E-state index in [2.05, 4.69) is 5.43 Å². The number of rotatable bonds is 1. The molecule has 0 aromatic heterocycles. The third-order valence-electron chi connectivity index (χ3n) is 0.804. The van der Waals surface area contributed by atoms with Crippen molar-refractivity contribution in [2.24, 2.45) is 5.73 Å². The maximum absolute atomic E-state index is 10.1. The zero-order chi connectivity index (χ0) is 6.69. The van der Waals surface area contributed by atoms with E-state index < -0.39 is 6.03 Å². The van der Waals surface area contributed by atoms with Crippen molar-refractivity contribution in [1.29, 1.82) is 0 Å². The van der Waals surface area contributed by atoms with E-state index in [1.54, 1.807) is 6.20 Å². The number of carbonyl (C=O) groups is 1. The Morgan fingerprint density at radius 1 is 1.89 bits per heavy atom. The monoisotopic (exact) mass is 129 g/mol. The zero-order valence-electron chi connectivity index (χ0n) is 4.70. The van der Waals surface area contributed by atoms with Crippen LogP contribution in [0.25, 0.3) is 0 Å². The minimum atomic E-state index is -0.592. The van der Waals surface area contributed by atoms with Crippen molar-refractivity contribution in [2.45, 2.75) is 0 Å². The van der Waals surface area contributed by atoms with Crippen LogP contribution in [-0.2, 0) is 4.74 Å². The molecule has 0 atom stereocenters. The molecule has 5 nitrogen and oxygen atoms in total. The van der Waals surface area contributed by atoms with E-state index in [1.807, 2.05) is 0 Å². The van der Waals surface area contributed by atoms with Crippen molar-refractivity contribution in [3.63, 3.8) is 0 Å². The highest BCUT2D eigenvalue weighted by Crippen LogP contribution is 1.94.